The first-order valence-corrected chi connectivity index (χ1v) is 22.8. The minimum atomic E-state index is -2.33. The number of aryl methyl sites for hydroxylation is 1. The van der Waals surface area contributed by atoms with Gasteiger partial charge in [-0.2, -0.15) is 0 Å². The number of aliphatic hydroxyl groups excluding tert-OH is 1. The van der Waals surface area contributed by atoms with Crippen molar-refractivity contribution in [2.45, 2.75) is 95.3 Å². The molecule has 3 aromatic carbocycles. The van der Waals surface area contributed by atoms with E-state index in [1.54, 1.807) is 7.11 Å². The van der Waals surface area contributed by atoms with Crippen LogP contribution in [0.25, 0.3) is 0 Å². The summed E-state index contributed by atoms with van der Waals surface area (Å²) >= 11 is 3.73. The Morgan fingerprint density at radius 2 is 1.83 bits per heavy atom. The molecule has 0 aliphatic carbocycles. The minimum absolute atomic E-state index is 0.0163. The largest absolute Gasteiger partial charge is 0.497 e. The number of anilines is 2. The van der Waals surface area contributed by atoms with Gasteiger partial charge in [-0.15, -0.1) is 5.10 Å². The molecule has 53 heavy (non-hydrogen) atoms. The molecule has 0 unspecified atom stereocenters. The maximum Gasteiger partial charge on any atom is 0.264 e. The number of carbonyl (C=O) groups excluding carboxylic acids is 2. The molecule has 1 N–H and O–H groups in total. The molecule has 1 aromatic heterocycles. The van der Waals surface area contributed by atoms with Crippen LogP contribution in [-0.2, 0) is 39.4 Å². The highest BCUT2D eigenvalue weighted by molar-refractivity contribution is 9.10. The Bertz CT molecular complexity index is 1950. The van der Waals surface area contributed by atoms with Gasteiger partial charge in [0, 0.05) is 60.4 Å². The lowest BCUT2D eigenvalue weighted by Gasteiger charge is -2.37. The van der Waals surface area contributed by atoms with Gasteiger partial charge in [-0.1, -0.05) is 83.5 Å². The lowest BCUT2D eigenvalue weighted by molar-refractivity contribution is -0.146. The third-order valence-electron chi connectivity index (χ3n) is 11.8. The second kappa shape index (κ2) is 15.5. The van der Waals surface area contributed by atoms with Crippen LogP contribution in [0.4, 0.5) is 11.4 Å². The van der Waals surface area contributed by atoms with Crippen LogP contribution in [0, 0.1) is 5.92 Å². The predicted molar refractivity (Wildman–Crippen MR) is 212 cm³/mol. The molecule has 4 heterocycles. The van der Waals surface area contributed by atoms with E-state index in [1.807, 2.05) is 63.1 Å². The Hall–Kier alpha value is -3.84. The normalized spacial score (nSPS) is 23.4. The van der Waals surface area contributed by atoms with E-state index >= 15 is 4.79 Å². The van der Waals surface area contributed by atoms with Gasteiger partial charge in [0.2, 0.25) is 5.91 Å². The Morgan fingerprint density at radius 3 is 2.60 bits per heavy atom. The molecule has 3 aliphatic rings. The SMILES string of the molecule is COc1ccc([Si](C)(C)[C@@H]2[C@@H](CCn3cc(CCO)nn3)O[C@]3(C(=O)N(Cc4cccc(N5CCCCCCC5=O)c4)c4ccc(Br)cc43)[C@H]2C)cc1. The van der Waals surface area contributed by atoms with Gasteiger partial charge in [0.25, 0.3) is 5.91 Å². The number of hydrogen-bond donors (Lipinski definition) is 1. The molecule has 12 heteroatoms. The quantitative estimate of drug-likeness (QED) is 0.168. The number of hydrogen-bond acceptors (Lipinski definition) is 7. The number of halogens is 1. The van der Waals surface area contributed by atoms with Crippen molar-refractivity contribution in [1.82, 2.24) is 15.0 Å². The number of carbonyl (C=O) groups is 2. The zero-order chi connectivity index (χ0) is 37.3. The Kier molecular flexibility index (Phi) is 10.9. The smallest absolute Gasteiger partial charge is 0.264 e. The second-order valence-corrected chi connectivity index (χ2v) is 20.9. The van der Waals surface area contributed by atoms with Crippen LogP contribution in [0.15, 0.2) is 77.4 Å². The summed E-state index contributed by atoms with van der Waals surface area (Å²) in [6.45, 7) is 8.64. The molecule has 280 valence electrons. The van der Waals surface area contributed by atoms with Gasteiger partial charge in [-0.05, 0) is 72.8 Å². The number of rotatable bonds is 11. The number of benzene rings is 3. The number of amides is 2. The molecular formula is C41H50BrN5O5Si. The average Bonchev–Trinajstić information content (AvgIpc) is 3.79. The molecule has 0 bridgehead atoms. The first-order chi connectivity index (χ1) is 25.6. The summed E-state index contributed by atoms with van der Waals surface area (Å²) in [6, 6.07) is 22.6. The van der Waals surface area contributed by atoms with Crippen LogP contribution in [0.5, 0.6) is 5.75 Å². The molecule has 2 saturated heterocycles. The number of nitrogens with zero attached hydrogens (tertiary/aromatic N) is 5. The van der Waals surface area contributed by atoms with E-state index in [0.717, 1.165) is 64.1 Å². The van der Waals surface area contributed by atoms with Crippen LogP contribution >= 0.6 is 15.9 Å². The molecule has 4 aromatic rings. The first-order valence-electron chi connectivity index (χ1n) is 18.9. The second-order valence-electron chi connectivity index (χ2n) is 15.3. The number of aliphatic hydroxyl groups is 1. The van der Waals surface area contributed by atoms with Crippen LogP contribution in [0.2, 0.25) is 18.6 Å². The van der Waals surface area contributed by atoms with Crippen molar-refractivity contribution in [2.24, 2.45) is 5.92 Å². The maximum atomic E-state index is 15.3. The van der Waals surface area contributed by atoms with E-state index in [4.69, 9.17) is 9.47 Å². The Morgan fingerprint density at radius 1 is 1.04 bits per heavy atom. The summed E-state index contributed by atoms with van der Waals surface area (Å²) in [6.07, 6.45) is 7.44. The van der Waals surface area contributed by atoms with Crippen molar-refractivity contribution < 1.29 is 24.2 Å². The zero-order valence-corrected chi connectivity index (χ0v) is 33.7. The van der Waals surface area contributed by atoms with E-state index in [9.17, 15) is 9.90 Å². The van der Waals surface area contributed by atoms with E-state index < -0.39 is 13.7 Å². The fourth-order valence-electron chi connectivity index (χ4n) is 9.09. The molecule has 0 radical (unpaired) electrons. The monoisotopic (exact) mass is 799 g/mol. The standard InChI is InChI=1S/C41H50BrN5O5Si/c1-28-39(53(3,4)34-16-14-33(51-2)15-17-34)37(19-22-45-27-31(20-23-48)43-44-45)52-41(28)35-25-30(42)13-18-36(35)47(40(41)50)26-29-10-9-11-32(24-29)46-21-8-6-5-7-12-38(46)49/h9-11,13-18,24-25,27-28,37,39,48H,5-8,12,19-23,26H2,1-4H3/t28-,37+,39-,41+/m0/s1. The first kappa shape index (κ1) is 37.5. The highest BCUT2D eigenvalue weighted by Gasteiger charge is 2.66. The fourth-order valence-corrected chi connectivity index (χ4v) is 13.5. The van der Waals surface area contributed by atoms with Crippen LogP contribution < -0.4 is 19.7 Å². The summed E-state index contributed by atoms with van der Waals surface area (Å²) in [5.74, 6) is 0.779. The van der Waals surface area contributed by atoms with Crippen LogP contribution in [-0.4, -0.2) is 66.4 Å². The number of ether oxygens (including phenoxy) is 2. The summed E-state index contributed by atoms with van der Waals surface area (Å²) < 4.78 is 15.5. The lowest BCUT2D eigenvalue weighted by Crippen LogP contribution is -2.51. The topological polar surface area (TPSA) is 110 Å². The van der Waals surface area contributed by atoms with Crippen molar-refractivity contribution >= 4 is 52.4 Å². The summed E-state index contributed by atoms with van der Waals surface area (Å²) in [7, 11) is -0.648. The van der Waals surface area contributed by atoms with E-state index in [0.29, 0.717) is 38.9 Å². The summed E-state index contributed by atoms with van der Waals surface area (Å²) in [5, 5.41) is 19.3. The molecule has 10 nitrogen and oxygen atoms in total. The molecular weight excluding hydrogens is 750 g/mol. The molecule has 3 aliphatic heterocycles. The lowest BCUT2D eigenvalue weighted by atomic mass is 9.82. The molecule has 1 spiro atoms. The van der Waals surface area contributed by atoms with Crippen LogP contribution in [0.1, 0.15) is 62.3 Å². The maximum absolute atomic E-state index is 15.3. The number of methoxy groups -OCH3 is 1. The van der Waals surface area contributed by atoms with E-state index in [-0.39, 0.29) is 36.0 Å². The van der Waals surface area contributed by atoms with E-state index in [1.165, 1.54) is 5.19 Å². The molecule has 2 fully saturated rings. The third-order valence-corrected chi connectivity index (χ3v) is 16.6. The van der Waals surface area contributed by atoms with Gasteiger partial charge in [0.1, 0.15) is 5.75 Å². The van der Waals surface area contributed by atoms with Gasteiger partial charge in [0.15, 0.2) is 5.60 Å². The Balaban J connectivity index is 1.25. The van der Waals surface area contributed by atoms with Gasteiger partial charge < -0.3 is 24.4 Å². The predicted octanol–water partition coefficient (Wildman–Crippen LogP) is 6.73. The van der Waals surface area contributed by atoms with Crippen molar-refractivity contribution in [3.8, 4) is 5.75 Å². The molecule has 7 rings (SSSR count). The summed E-state index contributed by atoms with van der Waals surface area (Å²) in [5.41, 5.74) is 3.23. The Labute approximate surface area is 321 Å². The van der Waals surface area contributed by atoms with Gasteiger partial charge in [0.05, 0.1) is 39.2 Å². The van der Waals surface area contributed by atoms with Gasteiger partial charge in [-0.3, -0.25) is 14.3 Å². The van der Waals surface area contributed by atoms with E-state index in [2.05, 4.69) is 70.5 Å². The third kappa shape index (κ3) is 7.11. The fraction of sp³-hybridized carbons (Fsp3) is 0.463. The molecule has 0 saturated carbocycles. The van der Waals surface area contributed by atoms with Crippen molar-refractivity contribution in [3.63, 3.8) is 0 Å². The molecule has 2 amide bonds. The minimum Gasteiger partial charge on any atom is -0.497 e. The average molecular weight is 801 g/mol. The highest BCUT2D eigenvalue weighted by atomic mass is 79.9. The summed E-state index contributed by atoms with van der Waals surface area (Å²) in [4.78, 5) is 32.3. The van der Waals surface area contributed by atoms with Gasteiger partial charge in [-0.25, -0.2) is 0 Å². The van der Waals surface area contributed by atoms with Crippen molar-refractivity contribution in [3.05, 3.63) is 94.2 Å². The van der Waals surface area contributed by atoms with Crippen molar-refractivity contribution in [1.29, 1.82) is 0 Å². The number of fused-ring (bicyclic) bond motifs is 2. The van der Waals surface area contributed by atoms with Crippen molar-refractivity contribution in [2.75, 3.05) is 30.1 Å². The molecule has 4 atom stereocenters. The van der Waals surface area contributed by atoms with Crippen LogP contribution in [0.3, 0.4) is 0 Å². The zero-order valence-electron chi connectivity index (χ0n) is 31.1. The number of aromatic nitrogens is 3. The highest BCUT2D eigenvalue weighted by Crippen LogP contribution is 2.60. The van der Waals surface area contributed by atoms with Gasteiger partial charge >= 0.3 is 0 Å².